The molecule has 1 heterocycles. The van der Waals surface area contributed by atoms with E-state index in [4.69, 9.17) is 10.2 Å². The summed E-state index contributed by atoms with van der Waals surface area (Å²) in [7, 11) is -5.09. The van der Waals surface area contributed by atoms with Crippen LogP contribution < -0.4 is 0 Å². The Morgan fingerprint density at radius 3 is 2.40 bits per heavy atom. The molecule has 120 valence electrons. The van der Waals surface area contributed by atoms with E-state index >= 15 is 0 Å². The number of aliphatic hydroxyl groups is 5. The Hall–Kier alpha value is -0.370. The molecular formula is C9H18NO9S-. The number of β-amino-alcohol motifs (C(OH)–C–C–N with tert-alkyl or cyclic N) is 2. The Kier molecular flexibility index (Phi) is 6.25. The van der Waals surface area contributed by atoms with Gasteiger partial charge in [-0.2, -0.15) is 0 Å². The number of likely N-dealkylation sites (tertiary alicyclic amines) is 1. The van der Waals surface area contributed by atoms with Crippen molar-refractivity contribution in [3.05, 3.63) is 0 Å². The topological polar surface area (TPSA) is 171 Å². The van der Waals surface area contributed by atoms with Gasteiger partial charge < -0.3 is 30.1 Å². The SMILES string of the molecule is O=S(=O)([O-])O[C@@H](CO)[C@H](O)CN1C[C@@H](O)[C@H](O)[C@H]1CO. The van der Waals surface area contributed by atoms with Gasteiger partial charge in [0.05, 0.1) is 37.6 Å². The van der Waals surface area contributed by atoms with E-state index in [-0.39, 0.29) is 13.1 Å². The first-order valence-electron chi connectivity index (χ1n) is 5.83. The highest BCUT2D eigenvalue weighted by molar-refractivity contribution is 7.80. The lowest BCUT2D eigenvalue weighted by Gasteiger charge is -2.29. The average molecular weight is 316 g/mol. The Morgan fingerprint density at radius 2 is 1.95 bits per heavy atom. The van der Waals surface area contributed by atoms with Crippen LogP contribution in [0.1, 0.15) is 0 Å². The van der Waals surface area contributed by atoms with Crippen molar-refractivity contribution in [3.8, 4) is 0 Å². The van der Waals surface area contributed by atoms with Crippen molar-refractivity contribution in [3.63, 3.8) is 0 Å². The second-order valence-electron chi connectivity index (χ2n) is 4.55. The van der Waals surface area contributed by atoms with Gasteiger partial charge in [0.2, 0.25) is 10.4 Å². The van der Waals surface area contributed by atoms with E-state index in [1.807, 2.05) is 0 Å². The molecule has 1 saturated heterocycles. The van der Waals surface area contributed by atoms with Gasteiger partial charge >= 0.3 is 0 Å². The molecule has 0 saturated carbocycles. The van der Waals surface area contributed by atoms with Crippen LogP contribution in [0.3, 0.4) is 0 Å². The smallest absolute Gasteiger partial charge is 0.218 e. The van der Waals surface area contributed by atoms with Gasteiger partial charge in [0.1, 0.15) is 6.10 Å². The predicted octanol–water partition coefficient (Wildman–Crippen LogP) is -4.42. The molecule has 0 bridgehead atoms. The highest BCUT2D eigenvalue weighted by Gasteiger charge is 2.40. The van der Waals surface area contributed by atoms with Gasteiger partial charge in [0.25, 0.3) is 0 Å². The fourth-order valence-electron chi connectivity index (χ4n) is 2.11. The molecule has 11 heteroatoms. The molecule has 0 aromatic carbocycles. The van der Waals surface area contributed by atoms with E-state index in [1.54, 1.807) is 0 Å². The second-order valence-corrected chi connectivity index (χ2v) is 5.56. The van der Waals surface area contributed by atoms with Crippen molar-refractivity contribution in [1.29, 1.82) is 0 Å². The van der Waals surface area contributed by atoms with Crippen LogP contribution in [0.25, 0.3) is 0 Å². The Balaban J connectivity index is 2.66. The quantitative estimate of drug-likeness (QED) is 0.228. The van der Waals surface area contributed by atoms with E-state index in [9.17, 15) is 28.3 Å². The normalized spacial score (nSPS) is 31.4. The standard InChI is InChI=1S/C9H19NO9S/c11-3-5-9(15)7(14)2-10(5)1-6(13)8(4-12)19-20(16,17)18/h5-9,11-15H,1-4H2,(H,16,17,18)/p-1/t5-,6-,7-,8+,9-/m1/s1. The lowest BCUT2D eigenvalue weighted by Crippen LogP contribution is -2.47. The summed E-state index contributed by atoms with van der Waals surface area (Å²) < 4.78 is 35.3. The van der Waals surface area contributed by atoms with Crippen molar-refractivity contribution < 1.29 is 42.7 Å². The van der Waals surface area contributed by atoms with Gasteiger partial charge in [-0.15, -0.1) is 0 Å². The molecule has 20 heavy (non-hydrogen) atoms. The molecule has 1 fully saturated rings. The minimum Gasteiger partial charge on any atom is -0.726 e. The molecule has 0 aromatic rings. The number of rotatable bonds is 7. The van der Waals surface area contributed by atoms with Gasteiger partial charge in [-0.25, -0.2) is 8.42 Å². The minimum atomic E-state index is -5.09. The zero-order chi connectivity index (χ0) is 15.5. The van der Waals surface area contributed by atoms with E-state index < -0.39 is 54.1 Å². The molecule has 0 aliphatic carbocycles. The molecule has 5 atom stereocenters. The molecular weight excluding hydrogens is 298 g/mol. The Labute approximate surface area is 115 Å². The summed E-state index contributed by atoms with van der Waals surface area (Å²) in [6, 6.07) is -0.845. The van der Waals surface area contributed by atoms with Crippen LogP contribution in [0.2, 0.25) is 0 Å². The minimum absolute atomic E-state index is 0.0638. The van der Waals surface area contributed by atoms with Gasteiger partial charge in [-0.1, -0.05) is 0 Å². The average Bonchev–Trinajstić information content (AvgIpc) is 2.60. The maximum absolute atomic E-state index is 10.4. The Morgan fingerprint density at radius 1 is 1.35 bits per heavy atom. The number of hydrogen-bond acceptors (Lipinski definition) is 10. The summed E-state index contributed by atoms with van der Waals surface area (Å²) in [6.45, 7) is -1.77. The van der Waals surface area contributed by atoms with Crippen LogP contribution in [-0.4, -0.2) is 100 Å². The molecule has 1 rings (SSSR count). The number of hydrogen-bond donors (Lipinski definition) is 5. The summed E-state index contributed by atoms with van der Waals surface area (Å²) in [5.74, 6) is 0. The van der Waals surface area contributed by atoms with Crippen LogP contribution in [0.15, 0.2) is 0 Å². The first kappa shape index (κ1) is 17.7. The van der Waals surface area contributed by atoms with Gasteiger partial charge in [0.15, 0.2) is 0 Å². The predicted molar refractivity (Wildman–Crippen MR) is 62.1 cm³/mol. The van der Waals surface area contributed by atoms with Gasteiger partial charge in [-0.05, 0) is 0 Å². The number of aliphatic hydroxyl groups excluding tert-OH is 5. The summed E-state index contributed by atoms with van der Waals surface area (Å²) in [5, 5.41) is 46.8. The van der Waals surface area contributed by atoms with Gasteiger partial charge in [0, 0.05) is 13.1 Å². The molecule has 0 radical (unpaired) electrons. The fourth-order valence-corrected chi connectivity index (χ4v) is 2.61. The van der Waals surface area contributed by atoms with Gasteiger partial charge in [-0.3, -0.25) is 9.08 Å². The molecule has 0 unspecified atom stereocenters. The zero-order valence-electron chi connectivity index (χ0n) is 10.4. The molecule has 1 aliphatic heterocycles. The maximum atomic E-state index is 10.4. The Bertz CT molecular complexity index is 402. The summed E-state index contributed by atoms with van der Waals surface area (Å²) in [6.07, 6.45) is -5.57. The molecule has 0 spiro atoms. The summed E-state index contributed by atoms with van der Waals surface area (Å²) >= 11 is 0. The van der Waals surface area contributed by atoms with Crippen LogP contribution >= 0.6 is 0 Å². The van der Waals surface area contributed by atoms with Crippen LogP contribution in [0, 0.1) is 0 Å². The highest BCUT2D eigenvalue weighted by Crippen LogP contribution is 2.19. The van der Waals surface area contributed by atoms with Crippen molar-refractivity contribution in [2.45, 2.75) is 30.5 Å². The zero-order valence-corrected chi connectivity index (χ0v) is 11.3. The largest absolute Gasteiger partial charge is 0.726 e. The maximum Gasteiger partial charge on any atom is 0.218 e. The first-order chi connectivity index (χ1) is 9.19. The van der Waals surface area contributed by atoms with Crippen molar-refractivity contribution in [2.24, 2.45) is 0 Å². The molecule has 0 amide bonds. The lowest BCUT2D eigenvalue weighted by molar-refractivity contribution is -0.0287. The first-order valence-corrected chi connectivity index (χ1v) is 7.17. The fraction of sp³-hybridized carbons (Fsp3) is 1.00. The molecule has 10 nitrogen and oxygen atoms in total. The summed E-state index contributed by atoms with van der Waals surface area (Å²) in [5.41, 5.74) is 0. The van der Waals surface area contributed by atoms with Crippen molar-refractivity contribution in [1.82, 2.24) is 4.90 Å². The third kappa shape index (κ3) is 4.58. The summed E-state index contributed by atoms with van der Waals surface area (Å²) in [4.78, 5) is 1.31. The molecule has 0 aromatic heterocycles. The third-order valence-corrected chi connectivity index (χ3v) is 3.62. The molecule has 5 N–H and O–H groups in total. The van der Waals surface area contributed by atoms with Crippen molar-refractivity contribution in [2.75, 3.05) is 26.3 Å². The third-order valence-electron chi connectivity index (χ3n) is 3.14. The van der Waals surface area contributed by atoms with Crippen LogP contribution in [0.5, 0.6) is 0 Å². The second kappa shape index (κ2) is 7.06. The number of nitrogens with zero attached hydrogens (tertiary/aromatic N) is 1. The van der Waals surface area contributed by atoms with E-state index in [0.717, 1.165) is 0 Å². The van der Waals surface area contributed by atoms with Crippen LogP contribution in [0.4, 0.5) is 0 Å². The van der Waals surface area contributed by atoms with Crippen LogP contribution in [-0.2, 0) is 14.6 Å². The highest BCUT2D eigenvalue weighted by atomic mass is 32.3. The monoisotopic (exact) mass is 316 g/mol. The van der Waals surface area contributed by atoms with E-state index in [1.165, 1.54) is 4.90 Å². The molecule has 1 aliphatic rings. The lowest BCUT2D eigenvalue weighted by atomic mass is 10.1. The van der Waals surface area contributed by atoms with Crippen molar-refractivity contribution >= 4 is 10.4 Å². The van der Waals surface area contributed by atoms with E-state index in [0.29, 0.717) is 0 Å². The van der Waals surface area contributed by atoms with E-state index in [2.05, 4.69) is 4.18 Å².